The van der Waals surface area contributed by atoms with E-state index in [1.54, 1.807) is 12.1 Å². The molecule has 2 rings (SSSR count). The fraction of sp³-hybridized carbons (Fsp3) is 0.0833. The molecule has 0 aliphatic carbocycles. The van der Waals surface area contributed by atoms with Gasteiger partial charge >= 0.3 is 0 Å². The van der Waals surface area contributed by atoms with Crippen molar-refractivity contribution in [3.05, 3.63) is 35.3 Å². The average molecular weight is 240 g/mol. The molecule has 2 aromatic rings. The van der Waals surface area contributed by atoms with E-state index in [9.17, 15) is 0 Å². The first-order chi connectivity index (χ1) is 8.80. The number of methoxy groups -OCH3 is 1. The van der Waals surface area contributed by atoms with Crippen molar-refractivity contribution < 1.29 is 9.15 Å². The van der Waals surface area contributed by atoms with Gasteiger partial charge in [0.2, 0.25) is 5.88 Å². The summed E-state index contributed by atoms with van der Waals surface area (Å²) in [7, 11) is 1.41. The lowest BCUT2D eigenvalue weighted by Gasteiger charge is -1.92. The number of hydrogen-bond donors (Lipinski definition) is 1. The van der Waals surface area contributed by atoms with Crippen LogP contribution < -0.4 is 4.74 Å². The fourth-order valence-electron chi connectivity index (χ4n) is 1.42. The van der Waals surface area contributed by atoms with Crippen LogP contribution in [0.3, 0.4) is 0 Å². The summed E-state index contributed by atoms with van der Waals surface area (Å²) in [4.78, 5) is 6.83. The summed E-state index contributed by atoms with van der Waals surface area (Å²) in [6.07, 6.45) is 2.97. The van der Waals surface area contributed by atoms with Crippen molar-refractivity contribution in [2.24, 2.45) is 4.99 Å². The summed E-state index contributed by atoms with van der Waals surface area (Å²) >= 11 is 0. The molecule has 0 atom stereocenters. The molecule has 2 aromatic heterocycles. The largest absolute Gasteiger partial charge is 0.481 e. The molecule has 0 spiro atoms. The van der Waals surface area contributed by atoms with Gasteiger partial charge in [0.1, 0.15) is 29.0 Å². The highest BCUT2D eigenvalue weighted by atomic mass is 16.5. The van der Waals surface area contributed by atoms with Crippen molar-refractivity contribution in [1.82, 2.24) is 4.98 Å². The second-order valence-corrected chi connectivity index (χ2v) is 3.25. The molecular formula is C12H8N4O2. The second kappa shape index (κ2) is 4.89. The van der Waals surface area contributed by atoms with Gasteiger partial charge in [-0.05, 0) is 12.1 Å². The van der Waals surface area contributed by atoms with Crippen molar-refractivity contribution in [3.8, 4) is 18.0 Å². The summed E-state index contributed by atoms with van der Waals surface area (Å²) < 4.78 is 10.0. The maximum absolute atomic E-state index is 9.02. The number of aromatic nitrogens is 1. The fourth-order valence-corrected chi connectivity index (χ4v) is 1.42. The molecule has 0 radical (unpaired) electrons. The molecule has 0 aliphatic heterocycles. The van der Waals surface area contributed by atoms with Crippen LogP contribution in [0.2, 0.25) is 0 Å². The van der Waals surface area contributed by atoms with Gasteiger partial charge in [0.05, 0.1) is 19.6 Å². The minimum absolute atomic E-state index is 0.145. The van der Waals surface area contributed by atoms with E-state index in [1.807, 2.05) is 12.1 Å². The first-order valence-electron chi connectivity index (χ1n) is 4.98. The second-order valence-electron chi connectivity index (χ2n) is 3.25. The van der Waals surface area contributed by atoms with E-state index in [0.29, 0.717) is 5.76 Å². The van der Waals surface area contributed by atoms with E-state index in [-0.39, 0.29) is 22.8 Å². The highest BCUT2D eigenvalue weighted by Gasteiger charge is 2.17. The third-order valence-corrected chi connectivity index (χ3v) is 2.24. The van der Waals surface area contributed by atoms with Gasteiger partial charge < -0.3 is 14.1 Å². The highest BCUT2D eigenvalue weighted by molar-refractivity contribution is 5.79. The van der Waals surface area contributed by atoms with Crippen molar-refractivity contribution in [1.29, 1.82) is 10.5 Å². The zero-order valence-electron chi connectivity index (χ0n) is 9.47. The molecule has 0 aliphatic rings. The monoisotopic (exact) mass is 240 g/mol. The predicted molar refractivity (Wildman–Crippen MR) is 62.7 cm³/mol. The summed E-state index contributed by atoms with van der Waals surface area (Å²) in [5.74, 6) is 1.04. The lowest BCUT2D eigenvalue weighted by Crippen LogP contribution is -1.85. The van der Waals surface area contributed by atoms with Gasteiger partial charge in [0.25, 0.3) is 0 Å². The number of nitriles is 2. The van der Waals surface area contributed by atoms with Crippen molar-refractivity contribution >= 4 is 12.0 Å². The molecule has 18 heavy (non-hydrogen) atoms. The van der Waals surface area contributed by atoms with Crippen LogP contribution in [0, 0.1) is 22.7 Å². The zero-order valence-corrected chi connectivity index (χ0v) is 9.47. The van der Waals surface area contributed by atoms with Gasteiger partial charge in [-0.15, -0.1) is 0 Å². The third kappa shape index (κ3) is 1.95. The van der Waals surface area contributed by atoms with Gasteiger partial charge in [0.15, 0.2) is 5.82 Å². The number of hydrogen-bond acceptors (Lipinski definition) is 5. The average Bonchev–Trinajstić information content (AvgIpc) is 3.02. The maximum Gasteiger partial charge on any atom is 0.212 e. The maximum atomic E-state index is 9.02. The van der Waals surface area contributed by atoms with Crippen molar-refractivity contribution in [3.63, 3.8) is 0 Å². The van der Waals surface area contributed by atoms with Crippen LogP contribution in [0.15, 0.2) is 27.8 Å². The van der Waals surface area contributed by atoms with Gasteiger partial charge in [-0.2, -0.15) is 10.5 Å². The molecule has 0 unspecified atom stereocenters. The van der Waals surface area contributed by atoms with E-state index < -0.39 is 0 Å². The highest BCUT2D eigenvalue weighted by Crippen LogP contribution is 2.29. The van der Waals surface area contributed by atoms with Crippen LogP contribution in [-0.4, -0.2) is 18.3 Å². The van der Waals surface area contributed by atoms with Gasteiger partial charge in [-0.25, -0.2) is 4.99 Å². The van der Waals surface area contributed by atoms with Gasteiger partial charge in [0, 0.05) is 0 Å². The molecule has 0 amide bonds. The van der Waals surface area contributed by atoms with Gasteiger partial charge in [-0.3, -0.25) is 0 Å². The van der Waals surface area contributed by atoms with E-state index >= 15 is 0 Å². The molecule has 0 aromatic carbocycles. The number of ether oxygens (including phenoxy) is 1. The van der Waals surface area contributed by atoms with Crippen LogP contribution in [0.25, 0.3) is 0 Å². The Kier molecular flexibility index (Phi) is 3.13. The molecular weight excluding hydrogens is 232 g/mol. The van der Waals surface area contributed by atoms with Crippen LogP contribution >= 0.6 is 0 Å². The first kappa shape index (κ1) is 11.5. The normalized spacial score (nSPS) is 10.2. The Morgan fingerprint density at radius 2 is 2.17 bits per heavy atom. The summed E-state index contributed by atoms with van der Waals surface area (Å²) in [6, 6.07) is 7.27. The molecule has 2 heterocycles. The summed E-state index contributed by atoms with van der Waals surface area (Å²) in [5, 5.41) is 18.0. The molecule has 88 valence electrons. The molecule has 1 N–H and O–H groups in total. The number of aliphatic imine (C=N–C) groups is 1. The topological polar surface area (TPSA) is 98.1 Å². The first-order valence-corrected chi connectivity index (χ1v) is 4.98. The van der Waals surface area contributed by atoms with Crippen LogP contribution in [-0.2, 0) is 0 Å². The number of nitrogens with zero attached hydrogens (tertiary/aromatic N) is 3. The Morgan fingerprint density at radius 3 is 2.72 bits per heavy atom. The van der Waals surface area contributed by atoms with Crippen molar-refractivity contribution in [2.45, 2.75) is 0 Å². The number of H-pyrrole nitrogens is 1. The SMILES string of the molecule is COc1[nH]c(/N=C/c2ccco2)c(C#N)c1C#N. The molecule has 6 nitrogen and oxygen atoms in total. The lowest BCUT2D eigenvalue weighted by atomic mass is 10.2. The van der Waals surface area contributed by atoms with E-state index in [1.165, 1.54) is 19.6 Å². The Bertz CT molecular complexity index is 654. The number of nitrogens with one attached hydrogen (secondary N) is 1. The summed E-state index contributed by atoms with van der Waals surface area (Å²) in [5.41, 5.74) is 0.295. The van der Waals surface area contributed by atoms with Crippen LogP contribution in [0.4, 0.5) is 5.82 Å². The lowest BCUT2D eigenvalue weighted by molar-refractivity contribution is 0.399. The minimum Gasteiger partial charge on any atom is -0.481 e. The minimum atomic E-state index is 0.145. The van der Waals surface area contributed by atoms with Crippen molar-refractivity contribution in [2.75, 3.05) is 7.11 Å². The van der Waals surface area contributed by atoms with Crippen LogP contribution in [0.1, 0.15) is 16.9 Å². The standard InChI is InChI=1S/C12H8N4O2/c1-17-12-10(6-14)9(5-13)11(16-12)15-7-8-3-2-4-18-8/h2-4,7,16H,1H3/b15-7+. The number of rotatable bonds is 3. The smallest absolute Gasteiger partial charge is 0.212 e. The Balaban J connectivity index is 2.43. The predicted octanol–water partition coefficient (Wildman–Crippen LogP) is 2.11. The van der Waals surface area contributed by atoms with Gasteiger partial charge in [-0.1, -0.05) is 0 Å². The quantitative estimate of drug-likeness (QED) is 0.830. The summed E-state index contributed by atoms with van der Waals surface area (Å²) in [6.45, 7) is 0. The Hall–Kier alpha value is -2.99. The Labute approximate surface area is 103 Å². The number of furan rings is 1. The Morgan fingerprint density at radius 1 is 1.39 bits per heavy atom. The molecule has 6 heteroatoms. The third-order valence-electron chi connectivity index (χ3n) is 2.24. The molecule has 0 saturated heterocycles. The van der Waals surface area contributed by atoms with E-state index in [0.717, 1.165) is 0 Å². The van der Waals surface area contributed by atoms with Crippen LogP contribution in [0.5, 0.6) is 5.88 Å². The molecule has 0 saturated carbocycles. The van der Waals surface area contributed by atoms with E-state index in [4.69, 9.17) is 19.7 Å². The number of aromatic amines is 1. The zero-order chi connectivity index (χ0) is 13.0. The van der Waals surface area contributed by atoms with E-state index in [2.05, 4.69) is 9.98 Å². The molecule has 0 bridgehead atoms. The molecule has 0 fully saturated rings.